The largest absolute Gasteiger partial charge is 0.456 e. The molecule has 53 heavy (non-hydrogen) atoms. The summed E-state index contributed by atoms with van der Waals surface area (Å²) in [6.45, 7) is 0. The predicted octanol–water partition coefficient (Wildman–Crippen LogP) is 13.9. The quantitative estimate of drug-likeness (QED) is 0.168. The molecule has 8 aromatic carbocycles. The monoisotopic (exact) mass is 680 g/mol. The Morgan fingerprint density at radius 3 is 1.57 bits per heavy atom. The molecule has 0 aliphatic rings. The highest BCUT2D eigenvalue weighted by molar-refractivity contribution is 6.17. The van der Waals surface area contributed by atoms with Crippen LogP contribution in [0.15, 0.2) is 203 Å². The number of hydrogen-bond donors (Lipinski definition) is 0. The molecule has 250 valence electrons. The minimum atomic E-state index is 0.595. The molecule has 4 heteroatoms. The van der Waals surface area contributed by atoms with E-state index in [1.54, 1.807) is 0 Å². The second-order valence-corrected chi connectivity index (χ2v) is 13.2. The zero-order valence-electron chi connectivity index (χ0n) is 28.7. The maximum Gasteiger partial charge on any atom is 0.227 e. The van der Waals surface area contributed by atoms with Crippen molar-refractivity contribution in [1.82, 2.24) is 4.98 Å². The number of hydrogen-bond acceptors (Lipinski definition) is 4. The minimum absolute atomic E-state index is 0.595. The highest BCUT2D eigenvalue weighted by atomic mass is 16.4. The average Bonchev–Trinajstić information content (AvgIpc) is 3.84. The molecule has 0 atom stereocenters. The molecule has 10 rings (SSSR count). The lowest BCUT2D eigenvalue weighted by atomic mass is 9.93. The molecular weight excluding hydrogens is 649 g/mol. The predicted molar refractivity (Wildman–Crippen MR) is 218 cm³/mol. The lowest BCUT2D eigenvalue weighted by Crippen LogP contribution is -2.10. The first-order chi connectivity index (χ1) is 26.3. The first-order valence-electron chi connectivity index (χ1n) is 17.8. The summed E-state index contributed by atoms with van der Waals surface area (Å²) in [5, 5.41) is 1.94. The minimum Gasteiger partial charge on any atom is -0.456 e. The summed E-state index contributed by atoms with van der Waals surface area (Å²) in [7, 11) is 0. The van der Waals surface area contributed by atoms with Gasteiger partial charge in [-0.3, -0.25) is 0 Å². The van der Waals surface area contributed by atoms with Gasteiger partial charge in [0.05, 0.1) is 5.39 Å². The molecule has 0 aliphatic heterocycles. The first kappa shape index (κ1) is 30.6. The van der Waals surface area contributed by atoms with Crippen LogP contribution in [0.4, 0.5) is 17.1 Å². The maximum absolute atomic E-state index is 6.58. The van der Waals surface area contributed by atoms with Crippen molar-refractivity contribution in [3.05, 3.63) is 194 Å². The van der Waals surface area contributed by atoms with Crippen molar-refractivity contribution >= 4 is 50.1 Å². The molecule has 2 heterocycles. The molecule has 4 nitrogen and oxygen atoms in total. The molecule has 0 unspecified atom stereocenters. The first-order valence-corrected chi connectivity index (χ1v) is 17.8. The van der Waals surface area contributed by atoms with Crippen molar-refractivity contribution in [3.63, 3.8) is 0 Å². The number of fused-ring (bicyclic) bond motifs is 5. The molecule has 0 saturated heterocycles. The molecule has 0 saturated carbocycles. The summed E-state index contributed by atoms with van der Waals surface area (Å²) >= 11 is 0. The third-order valence-corrected chi connectivity index (χ3v) is 9.92. The lowest BCUT2D eigenvalue weighted by molar-refractivity contribution is 0.619. The summed E-state index contributed by atoms with van der Waals surface area (Å²) in [5.74, 6) is 0.595. The Hall–Kier alpha value is -7.17. The Morgan fingerprint density at radius 1 is 0.358 bits per heavy atom. The van der Waals surface area contributed by atoms with Crippen molar-refractivity contribution < 1.29 is 8.83 Å². The maximum atomic E-state index is 6.58. The number of benzene rings is 8. The third-order valence-electron chi connectivity index (χ3n) is 9.92. The van der Waals surface area contributed by atoms with Crippen LogP contribution in [0.3, 0.4) is 0 Å². The molecule has 0 N–H and O–H groups in total. The second-order valence-electron chi connectivity index (χ2n) is 13.2. The number of anilines is 3. The van der Waals surface area contributed by atoms with Crippen LogP contribution >= 0.6 is 0 Å². The Labute approximate surface area is 306 Å². The molecule has 0 radical (unpaired) electrons. The van der Waals surface area contributed by atoms with Gasteiger partial charge in [0.1, 0.15) is 16.7 Å². The van der Waals surface area contributed by atoms with Crippen molar-refractivity contribution in [3.8, 4) is 44.8 Å². The highest BCUT2D eigenvalue weighted by Crippen LogP contribution is 2.43. The Balaban J connectivity index is 1.15. The second kappa shape index (κ2) is 12.9. The van der Waals surface area contributed by atoms with Crippen molar-refractivity contribution in [2.75, 3.05) is 4.90 Å². The van der Waals surface area contributed by atoms with E-state index < -0.39 is 0 Å². The van der Waals surface area contributed by atoms with Crippen LogP contribution in [-0.2, 0) is 0 Å². The van der Waals surface area contributed by atoms with Crippen molar-refractivity contribution in [1.29, 1.82) is 0 Å². The molecule has 0 aliphatic carbocycles. The van der Waals surface area contributed by atoms with Crippen LogP contribution < -0.4 is 4.90 Å². The number of rotatable bonds is 7. The van der Waals surface area contributed by atoms with E-state index in [9.17, 15) is 0 Å². The summed E-state index contributed by atoms with van der Waals surface area (Å²) in [6, 6.07) is 67.6. The average molecular weight is 681 g/mol. The molecule has 0 amide bonds. The van der Waals surface area contributed by atoms with Gasteiger partial charge in [0.25, 0.3) is 0 Å². The zero-order valence-corrected chi connectivity index (χ0v) is 28.7. The van der Waals surface area contributed by atoms with Gasteiger partial charge in [0, 0.05) is 34.1 Å². The van der Waals surface area contributed by atoms with Crippen molar-refractivity contribution in [2.24, 2.45) is 0 Å². The highest BCUT2D eigenvalue weighted by Gasteiger charge is 2.20. The zero-order chi connectivity index (χ0) is 35.1. The van der Waals surface area contributed by atoms with Crippen molar-refractivity contribution in [2.45, 2.75) is 0 Å². The van der Waals surface area contributed by atoms with Gasteiger partial charge in [-0.25, -0.2) is 4.98 Å². The van der Waals surface area contributed by atoms with Gasteiger partial charge in [-0.15, -0.1) is 0 Å². The van der Waals surface area contributed by atoms with E-state index in [1.807, 2.05) is 48.5 Å². The Morgan fingerprint density at radius 2 is 0.887 bits per heavy atom. The van der Waals surface area contributed by atoms with E-state index >= 15 is 0 Å². The summed E-state index contributed by atoms with van der Waals surface area (Å²) in [5.41, 5.74) is 14.1. The van der Waals surface area contributed by atoms with E-state index in [-0.39, 0.29) is 0 Å². The molecule has 0 fully saturated rings. The lowest BCUT2D eigenvalue weighted by Gasteiger charge is -2.27. The van der Waals surface area contributed by atoms with Crippen LogP contribution in [0.25, 0.3) is 77.9 Å². The molecule has 10 aromatic rings. The van der Waals surface area contributed by atoms with Crippen LogP contribution in [0, 0.1) is 0 Å². The number of nitrogens with zero attached hydrogens (tertiary/aromatic N) is 2. The van der Waals surface area contributed by atoms with Crippen LogP contribution in [0.1, 0.15) is 0 Å². The standard InChI is InChI=1S/C49H32N2O2/c1-5-13-33(14-6-1)34-21-23-38(24-22-34)51(39-25-27-41(35-15-7-2-8-16-35)43(31-39)36-17-9-3-10-18-36)40-26-28-42-46(32-40)52-44-29-30-45-48(47(42)44)50-49(53-45)37-19-11-4-12-20-37/h1-32H. The van der Waals surface area contributed by atoms with Crippen LogP contribution in [-0.4, -0.2) is 4.98 Å². The van der Waals surface area contributed by atoms with Crippen LogP contribution in [0.2, 0.25) is 0 Å². The topological polar surface area (TPSA) is 42.4 Å². The Bertz CT molecular complexity index is 2860. The van der Waals surface area contributed by atoms with Gasteiger partial charge in [-0.05, 0) is 94.0 Å². The normalized spacial score (nSPS) is 11.4. The van der Waals surface area contributed by atoms with Gasteiger partial charge in [0.2, 0.25) is 5.89 Å². The third kappa shape index (κ3) is 5.54. The van der Waals surface area contributed by atoms with Gasteiger partial charge < -0.3 is 13.7 Å². The Kier molecular flexibility index (Phi) is 7.43. The van der Waals surface area contributed by atoms with Gasteiger partial charge in [0.15, 0.2) is 5.58 Å². The number of furan rings is 1. The van der Waals surface area contributed by atoms with E-state index in [1.165, 1.54) is 16.7 Å². The van der Waals surface area contributed by atoms with Crippen LogP contribution in [0.5, 0.6) is 0 Å². The van der Waals surface area contributed by atoms with E-state index in [0.29, 0.717) is 5.89 Å². The molecule has 0 bridgehead atoms. The number of aromatic nitrogens is 1. The fourth-order valence-corrected chi connectivity index (χ4v) is 7.36. The van der Waals surface area contributed by atoms with Gasteiger partial charge in [-0.1, -0.05) is 127 Å². The SMILES string of the molecule is c1ccc(-c2ccc(N(c3ccc(-c4ccccc4)c(-c4ccccc4)c3)c3ccc4c(c3)oc3ccc5oc(-c6ccccc6)nc5c34)cc2)cc1. The fourth-order valence-electron chi connectivity index (χ4n) is 7.36. The van der Waals surface area contributed by atoms with E-state index in [2.05, 4.69) is 150 Å². The fraction of sp³-hybridized carbons (Fsp3) is 0. The molecule has 0 spiro atoms. The molecular formula is C49H32N2O2. The van der Waals surface area contributed by atoms with Gasteiger partial charge >= 0.3 is 0 Å². The molecule has 2 aromatic heterocycles. The van der Waals surface area contributed by atoms with E-state index in [4.69, 9.17) is 13.8 Å². The van der Waals surface area contributed by atoms with E-state index in [0.717, 1.165) is 72.4 Å². The summed E-state index contributed by atoms with van der Waals surface area (Å²) in [4.78, 5) is 7.26. The van der Waals surface area contributed by atoms with Gasteiger partial charge in [-0.2, -0.15) is 0 Å². The summed E-state index contributed by atoms with van der Waals surface area (Å²) in [6.07, 6.45) is 0. The smallest absolute Gasteiger partial charge is 0.227 e. The summed E-state index contributed by atoms with van der Waals surface area (Å²) < 4.78 is 12.8. The number of oxazole rings is 1.